The molecule has 8 nitrogen and oxygen atoms in total. The molecule has 0 atom stereocenters. The number of sulfonamides is 1. The smallest absolute Gasteiger partial charge is 0.248 e. The van der Waals surface area contributed by atoms with E-state index in [1.807, 2.05) is 0 Å². The molecule has 0 spiro atoms. The van der Waals surface area contributed by atoms with Crippen LogP contribution in [0.2, 0.25) is 0 Å². The number of hydrogen-bond acceptors (Lipinski definition) is 5. The molecule has 2 rings (SSSR count). The molecule has 0 saturated carbocycles. The van der Waals surface area contributed by atoms with Gasteiger partial charge in [-0.1, -0.05) is 0 Å². The molecule has 1 fully saturated rings. The molecule has 2 N–H and O–H groups in total. The van der Waals surface area contributed by atoms with E-state index in [2.05, 4.69) is 20.5 Å². The molecule has 1 amide bonds. The van der Waals surface area contributed by atoms with Gasteiger partial charge in [0.2, 0.25) is 21.9 Å². The predicted octanol–water partition coefficient (Wildman–Crippen LogP) is 0.113. The number of carbonyl (C=O) groups excluding carboxylic acids is 1. The van der Waals surface area contributed by atoms with Crippen LogP contribution in [0.5, 0.6) is 0 Å². The Kier molecular flexibility index (Phi) is 4.39. The molecular weight excluding hydrogens is 282 g/mol. The van der Waals surface area contributed by atoms with Crippen LogP contribution < -0.4 is 5.32 Å². The lowest BCUT2D eigenvalue weighted by atomic mass is 9.97. The van der Waals surface area contributed by atoms with Crippen molar-refractivity contribution in [2.24, 2.45) is 5.92 Å². The van der Waals surface area contributed by atoms with E-state index in [0.29, 0.717) is 31.8 Å². The second-order valence-corrected chi connectivity index (χ2v) is 7.07. The zero-order valence-corrected chi connectivity index (χ0v) is 12.4. The SMILES string of the molecule is CCS(=O)(=O)N1CCC(C(=O)Nc2n[nH]c(C)n2)CC1. The number of rotatable bonds is 4. The summed E-state index contributed by atoms with van der Waals surface area (Å²) < 4.78 is 24.9. The van der Waals surface area contributed by atoms with Gasteiger partial charge in [0.1, 0.15) is 5.82 Å². The van der Waals surface area contributed by atoms with Gasteiger partial charge in [-0.2, -0.15) is 4.98 Å². The van der Waals surface area contributed by atoms with E-state index >= 15 is 0 Å². The maximum absolute atomic E-state index is 12.0. The molecule has 20 heavy (non-hydrogen) atoms. The molecule has 9 heteroatoms. The minimum atomic E-state index is -3.15. The lowest BCUT2D eigenvalue weighted by Crippen LogP contribution is -2.42. The summed E-state index contributed by atoms with van der Waals surface area (Å²) in [7, 11) is -3.15. The first-order valence-corrected chi connectivity index (χ1v) is 8.21. The average molecular weight is 301 g/mol. The second-order valence-electron chi connectivity index (χ2n) is 4.81. The van der Waals surface area contributed by atoms with E-state index in [0.717, 1.165) is 0 Å². The molecule has 2 heterocycles. The van der Waals surface area contributed by atoms with Crippen molar-refractivity contribution in [2.45, 2.75) is 26.7 Å². The first-order valence-electron chi connectivity index (χ1n) is 6.60. The van der Waals surface area contributed by atoms with E-state index in [1.54, 1.807) is 13.8 Å². The minimum absolute atomic E-state index is 0.0975. The summed E-state index contributed by atoms with van der Waals surface area (Å²) in [6.45, 7) is 4.15. The van der Waals surface area contributed by atoms with Gasteiger partial charge in [0.25, 0.3) is 0 Å². The number of anilines is 1. The third-order valence-electron chi connectivity index (χ3n) is 3.42. The third-order valence-corrected chi connectivity index (χ3v) is 5.30. The number of piperidine rings is 1. The monoisotopic (exact) mass is 301 g/mol. The number of aromatic amines is 1. The van der Waals surface area contributed by atoms with Crippen LogP contribution in [0.3, 0.4) is 0 Å². The number of nitrogens with one attached hydrogen (secondary N) is 2. The van der Waals surface area contributed by atoms with Gasteiger partial charge in [-0.3, -0.25) is 15.2 Å². The maximum atomic E-state index is 12.0. The fourth-order valence-electron chi connectivity index (χ4n) is 2.19. The van der Waals surface area contributed by atoms with Gasteiger partial charge in [-0.15, -0.1) is 5.10 Å². The molecule has 0 bridgehead atoms. The first-order chi connectivity index (χ1) is 9.42. The quantitative estimate of drug-likeness (QED) is 0.821. The van der Waals surface area contributed by atoms with Gasteiger partial charge >= 0.3 is 0 Å². The molecule has 0 radical (unpaired) electrons. The summed E-state index contributed by atoms with van der Waals surface area (Å²) in [5.41, 5.74) is 0. The highest BCUT2D eigenvalue weighted by Crippen LogP contribution is 2.21. The molecule has 1 aromatic heterocycles. The van der Waals surface area contributed by atoms with E-state index in [1.165, 1.54) is 4.31 Å². The lowest BCUT2D eigenvalue weighted by Gasteiger charge is -2.29. The van der Waals surface area contributed by atoms with Crippen molar-refractivity contribution < 1.29 is 13.2 Å². The standard InChI is InChI=1S/C11H19N5O3S/c1-3-20(18,19)16-6-4-9(5-7-16)10(17)13-11-12-8(2)14-15-11/h9H,3-7H2,1-2H3,(H2,12,13,14,15,17). The van der Waals surface area contributed by atoms with Crippen LogP contribution in [-0.2, 0) is 14.8 Å². The average Bonchev–Trinajstić information content (AvgIpc) is 2.84. The summed E-state index contributed by atoms with van der Waals surface area (Å²) in [4.78, 5) is 16.0. The van der Waals surface area contributed by atoms with Crippen molar-refractivity contribution in [1.29, 1.82) is 0 Å². The van der Waals surface area contributed by atoms with Gasteiger partial charge in [0, 0.05) is 19.0 Å². The normalized spacial score (nSPS) is 18.1. The summed E-state index contributed by atoms with van der Waals surface area (Å²) in [5.74, 6) is 0.635. The Balaban J connectivity index is 1.89. The van der Waals surface area contributed by atoms with Crippen LogP contribution in [0.4, 0.5) is 5.95 Å². The van der Waals surface area contributed by atoms with E-state index in [9.17, 15) is 13.2 Å². The summed E-state index contributed by atoms with van der Waals surface area (Å²) in [6.07, 6.45) is 1.04. The van der Waals surface area contributed by atoms with Crippen molar-refractivity contribution in [3.05, 3.63) is 5.82 Å². The van der Waals surface area contributed by atoms with Crippen molar-refractivity contribution in [3.63, 3.8) is 0 Å². The summed E-state index contributed by atoms with van der Waals surface area (Å²) in [5, 5.41) is 9.13. The Bertz CT molecular complexity index is 575. The largest absolute Gasteiger partial charge is 0.293 e. The maximum Gasteiger partial charge on any atom is 0.248 e. The second kappa shape index (κ2) is 5.88. The highest BCUT2D eigenvalue weighted by Gasteiger charge is 2.30. The van der Waals surface area contributed by atoms with E-state index in [-0.39, 0.29) is 23.5 Å². The zero-order chi connectivity index (χ0) is 14.8. The molecule has 1 aliphatic heterocycles. The van der Waals surface area contributed by atoms with E-state index in [4.69, 9.17) is 0 Å². The van der Waals surface area contributed by atoms with Crippen LogP contribution in [0.1, 0.15) is 25.6 Å². The fraction of sp³-hybridized carbons (Fsp3) is 0.727. The summed E-state index contributed by atoms with van der Waals surface area (Å²) >= 11 is 0. The van der Waals surface area contributed by atoms with Crippen LogP contribution in [-0.4, -0.2) is 52.7 Å². The van der Waals surface area contributed by atoms with Gasteiger partial charge in [0.05, 0.1) is 5.75 Å². The Morgan fingerprint density at radius 3 is 2.60 bits per heavy atom. The molecule has 0 aromatic carbocycles. The van der Waals surface area contributed by atoms with Crippen LogP contribution in [0.15, 0.2) is 0 Å². The van der Waals surface area contributed by atoms with Crippen molar-refractivity contribution in [3.8, 4) is 0 Å². The predicted molar refractivity (Wildman–Crippen MR) is 73.5 cm³/mol. The van der Waals surface area contributed by atoms with Gasteiger partial charge in [-0.05, 0) is 26.7 Å². The highest BCUT2D eigenvalue weighted by molar-refractivity contribution is 7.89. The lowest BCUT2D eigenvalue weighted by molar-refractivity contribution is -0.121. The van der Waals surface area contributed by atoms with Gasteiger partial charge in [-0.25, -0.2) is 12.7 Å². The number of H-pyrrole nitrogens is 1. The minimum Gasteiger partial charge on any atom is -0.293 e. The Hall–Kier alpha value is -1.48. The molecule has 1 aromatic rings. The number of amides is 1. The molecule has 1 saturated heterocycles. The molecule has 0 aliphatic carbocycles. The molecular formula is C11H19N5O3S. The summed E-state index contributed by atoms with van der Waals surface area (Å²) in [6, 6.07) is 0. The number of aryl methyl sites for hydroxylation is 1. The number of hydrogen-bond donors (Lipinski definition) is 2. The van der Waals surface area contributed by atoms with E-state index < -0.39 is 10.0 Å². The van der Waals surface area contributed by atoms with Crippen molar-refractivity contribution in [2.75, 3.05) is 24.2 Å². The molecule has 112 valence electrons. The van der Waals surface area contributed by atoms with Gasteiger partial charge < -0.3 is 0 Å². The number of aromatic nitrogens is 3. The molecule has 0 unspecified atom stereocenters. The number of carbonyl (C=O) groups is 1. The van der Waals surface area contributed by atoms with Crippen LogP contribution >= 0.6 is 0 Å². The first kappa shape index (κ1) is 14.9. The third kappa shape index (κ3) is 3.34. The Morgan fingerprint density at radius 2 is 2.10 bits per heavy atom. The topological polar surface area (TPSA) is 108 Å². The molecule has 1 aliphatic rings. The Morgan fingerprint density at radius 1 is 1.45 bits per heavy atom. The van der Waals surface area contributed by atoms with Gasteiger partial charge in [0.15, 0.2) is 0 Å². The zero-order valence-electron chi connectivity index (χ0n) is 11.6. The van der Waals surface area contributed by atoms with Crippen molar-refractivity contribution in [1.82, 2.24) is 19.5 Å². The highest BCUT2D eigenvalue weighted by atomic mass is 32.2. The van der Waals surface area contributed by atoms with Crippen molar-refractivity contribution >= 4 is 21.9 Å². The number of nitrogens with zero attached hydrogens (tertiary/aromatic N) is 3. The Labute approximate surface area is 118 Å². The fourth-order valence-corrected chi connectivity index (χ4v) is 3.32. The van der Waals surface area contributed by atoms with Crippen LogP contribution in [0.25, 0.3) is 0 Å². The van der Waals surface area contributed by atoms with Crippen LogP contribution in [0, 0.1) is 12.8 Å².